The van der Waals surface area contributed by atoms with Crippen molar-refractivity contribution in [2.75, 3.05) is 27.2 Å². The second kappa shape index (κ2) is 9.27. The number of amides is 1. The molecular weight excluding hydrogens is 488 g/mol. The van der Waals surface area contributed by atoms with Gasteiger partial charge in [-0.3, -0.25) is 14.3 Å². The summed E-state index contributed by atoms with van der Waals surface area (Å²) in [5, 5.41) is 27.7. The van der Waals surface area contributed by atoms with Crippen LogP contribution < -0.4 is 16.2 Å². The second-order valence-corrected chi connectivity index (χ2v) is 9.50. The number of nitrogens with one attached hydrogen (secondary N) is 2. The molecule has 0 saturated heterocycles. The lowest BCUT2D eigenvalue weighted by Gasteiger charge is -2.10. The minimum Gasteiger partial charge on any atom is -0.494 e. The molecule has 13 nitrogen and oxygen atoms in total. The SMILES string of the molecule is CN(C)CCNC(=O)c1ccc2c(c1)ncn2-c1nc(=NC2CC2)n2ncc(=Cc3cc(O)[nH]c3O)c2n1. The number of aromatic hydroxyl groups is 2. The third kappa shape index (κ3) is 4.54. The molecule has 1 saturated carbocycles. The number of fused-ring (bicyclic) bond motifs is 2. The standard InChI is InChI=1S/C25H26N10O3/c1-33(2)8-7-26-22(37)14-3-6-19-18(10-14)27-13-34(19)24-31-21-16(9-15-11-20(36)30-23(15)38)12-28-35(21)25(32-24)29-17-4-5-17/h3,6,9-13,17,30,36,38H,4-5,7-8H2,1-2H3,(H,26,37). The van der Waals surface area contributed by atoms with Crippen molar-refractivity contribution in [2.24, 2.45) is 4.99 Å². The van der Waals surface area contributed by atoms with E-state index in [1.165, 1.54) is 6.07 Å². The van der Waals surface area contributed by atoms with Crippen molar-refractivity contribution in [3.05, 3.63) is 58.8 Å². The summed E-state index contributed by atoms with van der Waals surface area (Å²) in [4.78, 5) is 35.7. The van der Waals surface area contributed by atoms with E-state index in [1.807, 2.05) is 25.1 Å². The van der Waals surface area contributed by atoms with E-state index in [2.05, 4.69) is 25.4 Å². The van der Waals surface area contributed by atoms with Crippen molar-refractivity contribution in [3.8, 4) is 17.7 Å². The molecule has 4 aromatic heterocycles. The first-order chi connectivity index (χ1) is 18.4. The molecule has 1 aromatic carbocycles. The molecule has 13 heteroatoms. The predicted molar refractivity (Wildman–Crippen MR) is 138 cm³/mol. The first-order valence-corrected chi connectivity index (χ1v) is 12.2. The number of benzene rings is 1. The van der Waals surface area contributed by atoms with Gasteiger partial charge in [-0.1, -0.05) is 0 Å². The Kier molecular flexibility index (Phi) is 5.76. The number of carbonyl (C=O) groups excluding carboxylic acids is 1. The quantitative estimate of drug-likeness (QED) is 0.238. The zero-order valence-corrected chi connectivity index (χ0v) is 20.8. The molecule has 1 fully saturated rings. The van der Waals surface area contributed by atoms with Crippen LogP contribution >= 0.6 is 0 Å². The van der Waals surface area contributed by atoms with E-state index in [0.29, 0.717) is 45.6 Å². The maximum atomic E-state index is 12.6. The maximum Gasteiger partial charge on any atom is 0.251 e. The number of hydrogen-bond acceptors (Lipinski definition) is 9. The summed E-state index contributed by atoms with van der Waals surface area (Å²) in [5.74, 6) is -0.134. The van der Waals surface area contributed by atoms with Crippen LogP contribution in [0.25, 0.3) is 28.7 Å². The number of nitrogens with zero attached hydrogens (tertiary/aromatic N) is 8. The zero-order valence-electron chi connectivity index (χ0n) is 20.8. The molecular formula is C25H26N10O3. The second-order valence-electron chi connectivity index (χ2n) is 9.50. The molecule has 4 heterocycles. The number of carbonyl (C=O) groups is 1. The van der Waals surface area contributed by atoms with Crippen molar-refractivity contribution in [1.82, 2.24) is 44.3 Å². The van der Waals surface area contributed by atoms with Crippen LogP contribution in [0.5, 0.6) is 11.8 Å². The number of imidazole rings is 1. The van der Waals surface area contributed by atoms with Crippen LogP contribution in [0.4, 0.5) is 0 Å². The third-order valence-corrected chi connectivity index (χ3v) is 6.20. The molecule has 0 radical (unpaired) electrons. The molecule has 1 aliphatic rings. The van der Waals surface area contributed by atoms with Gasteiger partial charge in [-0.2, -0.15) is 19.6 Å². The Bertz CT molecular complexity index is 1800. The fraction of sp³-hybridized carbons (Fsp3) is 0.280. The van der Waals surface area contributed by atoms with Crippen molar-refractivity contribution in [3.63, 3.8) is 0 Å². The van der Waals surface area contributed by atoms with Crippen LogP contribution in [-0.2, 0) is 0 Å². The average Bonchev–Trinajstić information content (AvgIpc) is 3.30. The van der Waals surface area contributed by atoms with Gasteiger partial charge in [0.1, 0.15) is 6.33 Å². The first kappa shape index (κ1) is 23.6. The van der Waals surface area contributed by atoms with Gasteiger partial charge in [0.15, 0.2) is 17.4 Å². The van der Waals surface area contributed by atoms with Crippen LogP contribution in [0.2, 0.25) is 0 Å². The summed E-state index contributed by atoms with van der Waals surface area (Å²) in [6.07, 6.45) is 6.87. The highest BCUT2D eigenvalue weighted by atomic mass is 16.3. The fourth-order valence-corrected chi connectivity index (χ4v) is 4.06. The van der Waals surface area contributed by atoms with E-state index in [4.69, 9.17) is 9.98 Å². The molecule has 194 valence electrons. The third-order valence-electron chi connectivity index (χ3n) is 6.20. The van der Waals surface area contributed by atoms with E-state index < -0.39 is 0 Å². The van der Waals surface area contributed by atoms with Gasteiger partial charge in [0, 0.05) is 35.5 Å². The van der Waals surface area contributed by atoms with Crippen LogP contribution in [0.1, 0.15) is 28.8 Å². The fourth-order valence-electron chi connectivity index (χ4n) is 4.06. The largest absolute Gasteiger partial charge is 0.494 e. The van der Waals surface area contributed by atoms with Gasteiger partial charge in [0.2, 0.25) is 5.95 Å². The first-order valence-electron chi connectivity index (χ1n) is 12.2. The Balaban J connectivity index is 1.43. The number of H-pyrrole nitrogens is 1. The Morgan fingerprint density at radius 1 is 1.26 bits per heavy atom. The summed E-state index contributed by atoms with van der Waals surface area (Å²) in [6, 6.07) is 6.91. The molecule has 0 aliphatic heterocycles. The predicted octanol–water partition coefficient (Wildman–Crippen LogP) is 0.105. The monoisotopic (exact) mass is 514 g/mol. The molecule has 0 atom stereocenters. The molecule has 5 aromatic rings. The van der Waals surface area contributed by atoms with Crippen LogP contribution in [0.15, 0.2) is 41.8 Å². The van der Waals surface area contributed by atoms with Gasteiger partial charge < -0.3 is 20.4 Å². The number of hydrogen-bond donors (Lipinski definition) is 4. The molecule has 1 aliphatic carbocycles. The van der Waals surface area contributed by atoms with Gasteiger partial charge >= 0.3 is 0 Å². The summed E-state index contributed by atoms with van der Waals surface area (Å²) < 4.78 is 3.30. The lowest BCUT2D eigenvalue weighted by Crippen LogP contribution is -2.31. The van der Waals surface area contributed by atoms with Gasteiger partial charge in [-0.15, -0.1) is 0 Å². The van der Waals surface area contributed by atoms with Gasteiger partial charge in [-0.05, 0) is 51.2 Å². The number of aromatic nitrogens is 7. The highest BCUT2D eigenvalue weighted by molar-refractivity contribution is 5.97. The van der Waals surface area contributed by atoms with E-state index in [9.17, 15) is 15.0 Å². The molecule has 0 unspecified atom stereocenters. The van der Waals surface area contributed by atoms with Crippen molar-refractivity contribution in [2.45, 2.75) is 18.9 Å². The van der Waals surface area contributed by atoms with Crippen molar-refractivity contribution >= 4 is 28.7 Å². The topological polar surface area (TPSA) is 162 Å². The lowest BCUT2D eigenvalue weighted by atomic mass is 10.2. The van der Waals surface area contributed by atoms with Crippen molar-refractivity contribution in [1.29, 1.82) is 0 Å². The molecule has 1 amide bonds. The Morgan fingerprint density at radius 3 is 2.84 bits per heavy atom. The van der Waals surface area contributed by atoms with Crippen LogP contribution in [0, 0.1) is 0 Å². The molecule has 0 bridgehead atoms. The zero-order chi connectivity index (χ0) is 26.4. The summed E-state index contributed by atoms with van der Waals surface area (Å²) in [5.41, 5.74) is 3.16. The number of rotatable bonds is 7. The maximum absolute atomic E-state index is 12.6. The van der Waals surface area contributed by atoms with Crippen LogP contribution in [-0.4, -0.2) is 88.4 Å². The van der Waals surface area contributed by atoms with E-state index in [1.54, 1.807) is 39.8 Å². The van der Waals surface area contributed by atoms with Gasteiger partial charge in [0.25, 0.3) is 11.5 Å². The number of aromatic amines is 1. The lowest BCUT2D eigenvalue weighted by molar-refractivity contribution is 0.0951. The smallest absolute Gasteiger partial charge is 0.251 e. The summed E-state index contributed by atoms with van der Waals surface area (Å²) >= 11 is 0. The molecule has 0 spiro atoms. The van der Waals surface area contributed by atoms with Gasteiger partial charge in [0.05, 0.1) is 23.3 Å². The molecule has 38 heavy (non-hydrogen) atoms. The number of likely N-dealkylation sites (N-methyl/N-ethyl adjacent to an activating group) is 1. The van der Waals surface area contributed by atoms with Crippen LogP contribution in [0.3, 0.4) is 0 Å². The highest BCUT2D eigenvalue weighted by Gasteiger charge is 2.21. The normalized spacial score (nSPS) is 14.8. The minimum atomic E-state index is -0.166. The Labute approximate surface area is 215 Å². The molecule has 6 rings (SSSR count). The minimum absolute atomic E-state index is 0.152. The van der Waals surface area contributed by atoms with Crippen molar-refractivity contribution < 1.29 is 15.0 Å². The Hall–Kier alpha value is -4.78. The highest BCUT2D eigenvalue weighted by Crippen LogP contribution is 2.23. The Morgan fingerprint density at radius 2 is 2.11 bits per heavy atom. The van der Waals surface area contributed by atoms with E-state index in [-0.39, 0.29) is 23.7 Å². The van der Waals surface area contributed by atoms with Gasteiger partial charge in [-0.25, -0.2) is 9.98 Å². The van der Waals surface area contributed by atoms with E-state index >= 15 is 0 Å². The summed E-state index contributed by atoms with van der Waals surface area (Å²) in [7, 11) is 3.90. The van der Waals surface area contributed by atoms with E-state index in [0.717, 1.165) is 24.9 Å². The average molecular weight is 515 g/mol. The summed E-state index contributed by atoms with van der Waals surface area (Å²) in [6.45, 7) is 1.29. The molecule has 4 N–H and O–H groups in total.